The van der Waals surface area contributed by atoms with E-state index in [4.69, 9.17) is 4.84 Å². The van der Waals surface area contributed by atoms with Crippen LogP contribution in [0.1, 0.15) is 32.6 Å². The Morgan fingerprint density at radius 2 is 2.15 bits per heavy atom. The lowest BCUT2D eigenvalue weighted by atomic mass is 10.2. The van der Waals surface area contributed by atoms with Gasteiger partial charge in [-0.1, -0.05) is 11.2 Å². The van der Waals surface area contributed by atoms with E-state index in [0.717, 1.165) is 10.6 Å². The third-order valence-corrected chi connectivity index (χ3v) is 2.31. The first kappa shape index (κ1) is 10.3. The second-order valence-corrected chi connectivity index (χ2v) is 4.81. The molecule has 0 fully saturated rings. The average Bonchev–Trinajstić information content (AvgIpc) is 2.50. The van der Waals surface area contributed by atoms with E-state index in [2.05, 4.69) is 5.16 Å². The van der Waals surface area contributed by atoms with Gasteiger partial charge in [-0.15, -0.1) is 11.3 Å². The van der Waals surface area contributed by atoms with E-state index in [1.165, 1.54) is 0 Å². The third kappa shape index (κ3) is 3.59. The van der Waals surface area contributed by atoms with Gasteiger partial charge in [0.25, 0.3) is 0 Å². The Hall–Kier alpha value is -0.830. The van der Waals surface area contributed by atoms with Crippen molar-refractivity contribution in [1.29, 1.82) is 0 Å². The molecule has 0 aliphatic rings. The number of thiophene rings is 1. The Kier molecular flexibility index (Phi) is 3.09. The number of oxime groups is 1. The molecule has 2 nitrogen and oxygen atoms in total. The molecule has 0 amide bonds. The van der Waals surface area contributed by atoms with Crippen LogP contribution in [-0.4, -0.2) is 11.3 Å². The molecule has 13 heavy (non-hydrogen) atoms. The molecular formula is C10H15NOS. The molecule has 1 heterocycles. The van der Waals surface area contributed by atoms with Crippen LogP contribution in [0.15, 0.2) is 22.7 Å². The molecule has 0 spiro atoms. The molecule has 0 saturated carbocycles. The lowest BCUT2D eigenvalue weighted by Gasteiger charge is -2.15. The molecule has 1 aromatic heterocycles. The lowest BCUT2D eigenvalue weighted by molar-refractivity contribution is 0.000987. The quantitative estimate of drug-likeness (QED) is 0.526. The number of rotatable bonds is 2. The van der Waals surface area contributed by atoms with E-state index in [1.54, 1.807) is 11.3 Å². The van der Waals surface area contributed by atoms with Crippen molar-refractivity contribution in [2.24, 2.45) is 5.16 Å². The minimum Gasteiger partial charge on any atom is -0.390 e. The van der Waals surface area contributed by atoms with Gasteiger partial charge in [-0.25, -0.2) is 0 Å². The van der Waals surface area contributed by atoms with Gasteiger partial charge < -0.3 is 4.84 Å². The molecule has 0 aliphatic carbocycles. The topological polar surface area (TPSA) is 21.6 Å². The van der Waals surface area contributed by atoms with Gasteiger partial charge >= 0.3 is 0 Å². The van der Waals surface area contributed by atoms with Gasteiger partial charge in [-0.05, 0) is 39.1 Å². The summed E-state index contributed by atoms with van der Waals surface area (Å²) in [4.78, 5) is 6.47. The molecule has 0 aromatic carbocycles. The Morgan fingerprint density at radius 3 is 2.62 bits per heavy atom. The lowest BCUT2D eigenvalue weighted by Crippen LogP contribution is -2.16. The second-order valence-electron chi connectivity index (χ2n) is 3.86. The molecule has 0 N–H and O–H groups in total. The first-order chi connectivity index (χ1) is 5.99. The predicted molar refractivity (Wildman–Crippen MR) is 57.4 cm³/mol. The third-order valence-electron chi connectivity index (χ3n) is 1.33. The van der Waals surface area contributed by atoms with E-state index in [9.17, 15) is 0 Å². The summed E-state index contributed by atoms with van der Waals surface area (Å²) in [6, 6.07) is 4.05. The van der Waals surface area contributed by atoms with Crippen molar-refractivity contribution in [2.75, 3.05) is 0 Å². The summed E-state index contributed by atoms with van der Waals surface area (Å²) in [5.74, 6) is 0. The van der Waals surface area contributed by atoms with E-state index in [1.807, 2.05) is 45.2 Å². The zero-order valence-corrected chi connectivity index (χ0v) is 9.31. The molecule has 0 radical (unpaired) electrons. The summed E-state index contributed by atoms with van der Waals surface area (Å²) in [7, 11) is 0. The zero-order chi connectivity index (χ0) is 9.90. The van der Waals surface area contributed by atoms with E-state index in [0.29, 0.717) is 0 Å². The van der Waals surface area contributed by atoms with Gasteiger partial charge in [0.15, 0.2) is 0 Å². The minimum absolute atomic E-state index is 0.210. The molecule has 0 aliphatic heterocycles. The monoisotopic (exact) mass is 197 g/mol. The van der Waals surface area contributed by atoms with Crippen molar-refractivity contribution in [3.05, 3.63) is 22.4 Å². The standard InChI is InChI=1S/C10H15NOS/c1-8(9-6-5-7-13-9)11-12-10(2,3)4/h5-7H,1-4H3/b11-8-. The van der Waals surface area contributed by atoms with E-state index in [-0.39, 0.29) is 5.60 Å². The first-order valence-corrected chi connectivity index (χ1v) is 5.14. The molecule has 0 atom stereocenters. The van der Waals surface area contributed by atoms with Crippen molar-refractivity contribution in [1.82, 2.24) is 0 Å². The van der Waals surface area contributed by atoms with Gasteiger partial charge in [-0.2, -0.15) is 0 Å². The van der Waals surface area contributed by atoms with Crippen LogP contribution < -0.4 is 0 Å². The maximum absolute atomic E-state index is 5.31. The number of hydrogen-bond acceptors (Lipinski definition) is 3. The van der Waals surface area contributed by atoms with Gasteiger partial charge in [0.05, 0.1) is 10.6 Å². The smallest absolute Gasteiger partial charge is 0.129 e. The Morgan fingerprint density at radius 1 is 1.46 bits per heavy atom. The first-order valence-electron chi connectivity index (χ1n) is 4.26. The van der Waals surface area contributed by atoms with Crippen LogP contribution in [0.5, 0.6) is 0 Å². The Labute approximate surface area is 83.2 Å². The fourth-order valence-electron chi connectivity index (χ4n) is 0.735. The number of hydrogen-bond donors (Lipinski definition) is 0. The molecule has 0 unspecified atom stereocenters. The molecule has 3 heteroatoms. The fourth-order valence-corrected chi connectivity index (χ4v) is 1.40. The van der Waals surface area contributed by atoms with Crippen LogP contribution in [0, 0.1) is 0 Å². The van der Waals surface area contributed by atoms with Gasteiger partial charge in [0, 0.05) is 0 Å². The van der Waals surface area contributed by atoms with Gasteiger partial charge in [0.1, 0.15) is 5.60 Å². The van der Waals surface area contributed by atoms with Crippen molar-refractivity contribution in [3.8, 4) is 0 Å². The highest BCUT2D eigenvalue weighted by Crippen LogP contribution is 2.12. The molecule has 0 saturated heterocycles. The molecular weight excluding hydrogens is 182 g/mol. The second kappa shape index (κ2) is 3.92. The summed E-state index contributed by atoms with van der Waals surface area (Å²) in [5.41, 5.74) is 0.725. The van der Waals surface area contributed by atoms with E-state index < -0.39 is 0 Å². The van der Waals surface area contributed by atoms with Crippen molar-refractivity contribution >= 4 is 17.0 Å². The Bertz CT molecular complexity index is 282. The highest BCUT2D eigenvalue weighted by atomic mass is 32.1. The molecule has 72 valence electrons. The van der Waals surface area contributed by atoms with Crippen LogP contribution in [0.2, 0.25) is 0 Å². The zero-order valence-electron chi connectivity index (χ0n) is 8.50. The van der Waals surface area contributed by atoms with Crippen LogP contribution >= 0.6 is 11.3 Å². The molecule has 0 bridgehead atoms. The van der Waals surface area contributed by atoms with E-state index >= 15 is 0 Å². The summed E-state index contributed by atoms with van der Waals surface area (Å²) in [6.45, 7) is 7.91. The van der Waals surface area contributed by atoms with Crippen LogP contribution in [0.3, 0.4) is 0 Å². The normalized spacial score (nSPS) is 13.1. The minimum atomic E-state index is -0.210. The number of nitrogens with zero attached hydrogens (tertiary/aromatic N) is 1. The fraction of sp³-hybridized carbons (Fsp3) is 0.500. The van der Waals surface area contributed by atoms with Crippen LogP contribution in [-0.2, 0) is 4.84 Å². The van der Waals surface area contributed by atoms with Crippen LogP contribution in [0.4, 0.5) is 0 Å². The van der Waals surface area contributed by atoms with Crippen LogP contribution in [0.25, 0.3) is 0 Å². The maximum Gasteiger partial charge on any atom is 0.129 e. The summed E-state index contributed by atoms with van der Waals surface area (Å²) in [6.07, 6.45) is 0. The summed E-state index contributed by atoms with van der Waals surface area (Å²) >= 11 is 1.67. The largest absolute Gasteiger partial charge is 0.390 e. The maximum atomic E-state index is 5.31. The van der Waals surface area contributed by atoms with Gasteiger partial charge in [0.2, 0.25) is 0 Å². The highest BCUT2D eigenvalue weighted by molar-refractivity contribution is 7.12. The summed E-state index contributed by atoms with van der Waals surface area (Å²) in [5, 5.41) is 6.10. The van der Waals surface area contributed by atoms with Crippen molar-refractivity contribution < 1.29 is 4.84 Å². The van der Waals surface area contributed by atoms with Crippen molar-refractivity contribution in [3.63, 3.8) is 0 Å². The van der Waals surface area contributed by atoms with Gasteiger partial charge in [-0.3, -0.25) is 0 Å². The average molecular weight is 197 g/mol. The highest BCUT2D eigenvalue weighted by Gasteiger charge is 2.10. The molecule has 1 rings (SSSR count). The SMILES string of the molecule is C/C(=N/OC(C)(C)C)c1cccs1. The Balaban J connectivity index is 2.63. The predicted octanol–water partition coefficient (Wildman–Crippen LogP) is 3.29. The van der Waals surface area contributed by atoms with Crippen molar-refractivity contribution in [2.45, 2.75) is 33.3 Å². The molecule has 1 aromatic rings. The summed E-state index contributed by atoms with van der Waals surface area (Å²) < 4.78 is 0.